The fourth-order valence-electron chi connectivity index (χ4n) is 2.37. The van der Waals surface area contributed by atoms with Gasteiger partial charge in [-0.1, -0.05) is 20.8 Å². The van der Waals surface area contributed by atoms with Crippen LogP contribution in [0.4, 0.5) is 0 Å². The second-order valence-corrected chi connectivity index (χ2v) is 7.11. The van der Waals surface area contributed by atoms with Gasteiger partial charge in [-0.3, -0.25) is 4.79 Å². The van der Waals surface area contributed by atoms with Gasteiger partial charge in [0.25, 0.3) is 5.91 Å². The summed E-state index contributed by atoms with van der Waals surface area (Å²) in [7, 11) is 0. The number of carbonyl (C=O) groups is 1. The number of amides is 1. The number of carbonyl (C=O) groups excluding carboxylic acids is 1. The summed E-state index contributed by atoms with van der Waals surface area (Å²) in [5.41, 5.74) is 1.95. The van der Waals surface area contributed by atoms with Crippen LogP contribution in [0.2, 0.25) is 0 Å². The van der Waals surface area contributed by atoms with Gasteiger partial charge in [0.05, 0.1) is 12.0 Å². The zero-order chi connectivity index (χ0) is 14.8. The Bertz CT molecular complexity index is 494. The number of hydrogen-bond acceptors (Lipinski definition) is 2. The maximum absolute atomic E-state index is 12.1. The van der Waals surface area contributed by atoms with Crippen molar-refractivity contribution in [1.82, 2.24) is 5.32 Å². The average Bonchev–Trinajstić information content (AvgIpc) is 2.80. The van der Waals surface area contributed by atoms with E-state index in [1.54, 1.807) is 6.07 Å². The van der Waals surface area contributed by atoms with E-state index in [9.17, 15) is 4.79 Å². The SMILES string of the molecule is CC(C)(C)CC(Cl)CNC(=O)c1ccc2c(c1)CCO2. The van der Waals surface area contributed by atoms with Crippen molar-refractivity contribution in [2.45, 2.75) is 39.0 Å². The van der Waals surface area contributed by atoms with Crippen LogP contribution in [-0.2, 0) is 6.42 Å². The molecule has 3 nitrogen and oxygen atoms in total. The lowest BCUT2D eigenvalue weighted by Crippen LogP contribution is -2.31. The molecule has 1 aromatic carbocycles. The molecule has 1 heterocycles. The summed E-state index contributed by atoms with van der Waals surface area (Å²) in [4.78, 5) is 12.1. The average molecular weight is 296 g/mol. The number of rotatable bonds is 4. The minimum Gasteiger partial charge on any atom is -0.493 e. The lowest BCUT2D eigenvalue weighted by molar-refractivity contribution is 0.0952. The van der Waals surface area contributed by atoms with Crippen molar-refractivity contribution in [3.05, 3.63) is 29.3 Å². The highest BCUT2D eigenvalue weighted by atomic mass is 35.5. The summed E-state index contributed by atoms with van der Waals surface area (Å²) in [5.74, 6) is 0.823. The molecule has 1 atom stereocenters. The van der Waals surface area contributed by atoms with Gasteiger partial charge in [0, 0.05) is 18.5 Å². The van der Waals surface area contributed by atoms with Crippen molar-refractivity contribution in [3.63, 3.8) is 0 Å². The van der Waals surface area contributed by atoms with Crippen LogP contribution in [0, 0.1) is 5.41 Å². The minimum absolute atomic E-state index is 0.0447. The first-order valence-electron chi connectivity index (χ1n) is 7.03. The molecular formula is C16H22ClNO2. The summed E-state index contributed by atoms with van der Waals surface area (Å²) in [6, 6.07) is 5.57. The summed E-state index contributed by atoms with van der Waals surface area (Å²) in [6.45, 7) is 7.63. The minimum atomic E-state index is -0.0701. The van der Waals surface area contributed by atoms with E-state index in [4.69, 9.17) is 16.3 Å². The van der Waals surface area contributed by atoms with Gasteiger partial charge >= 0.3 is 0 Å². The van der Waals surface area contributed by atoms with E-state index in [-0.39, 0.29) is 16.7 Å². The van der Waals surface area contributed by atoms with Gasteiger partial charge in [-0.05, 0) is 35.6 Å². The molecule has 0 fully saturated rings. The number of ether oxygens (including phenoxy) is 1. The monoisotopic (exact) mass is 295 g/mol. The van der Waals surface area contributed by atoms with Crippen molar-refractivity contribution >= 4 is 17.5 Å². The van der Waals surface area contributed by atoms with Crippen molar-refractivity contribution in [1.29, 1.82) is 0 Å². The molecule has 0 saturated heterocycles. The third kappa shape index (κ3) is 4.14. The molecule has 1 unspecified atom stereocenters. The Kier molecular flexibility index (Phi) is 4.59. The standard InChI is InChI=1S/C16H22ClNO2/c1-16(2,3)9-13(17)10-18-15(19)12-4-5-14-11(8-12)6-7-20-14/h4-5,8,13H,6-7,9-10H2,1-3H3,(H,18,19). The molecule has 0 aromatic heterocycles. The molecule has 0 bridgehead atoms. The van der Waals surface area contributed by atoms with Gasteiger partial charge in [-0.2, -0.15) is 0 Å². The molecule has 1 aliphatic heterocycles. The molecule has 1 aromatic rings. The highest BCUT2D eigenvalue weighted by Gasteiger charge is 2.19. The Morgan fingerprint density at radius 1 is 1.45 bits per heavy atom. The van der Waals surface area contributed by atoms with Crippen LogP contribution >= 0.6 is 11.6 Å². The van der Waals surface area contributed by atoms with Crippen LogP contribution in [-0.4, -0.2) is 24.4 Å². The van der Waals surface area contributed by atoms with E-state index in [2.05, 4.69) is 26.1 Å². The highest BCUT2D eigenvalue weighted by Crippen LogP contribution is 2.26. The zero-order valence-electron chi connectivity index (χ0n) is 12.3. The summed E-state index contributed by atoms with van der Waals surface area (Å²) in [6.07, 6.45) is 1.74. The number of nitrogens with one attached hydrogen (secondary N) is 1. The van der Waals surface area contributed by atoms with Crippen LogP contribution in [0.1, 0.15) is 43.1 Å². The van der Waals surface area contributed by atoms with E-state index in [1.165, 1.54) is 0 Å². The third-order valence-corrected chi connectivity index (χ3v) is 3.58. The van der Waals surface area contributed by atoms with Crippen molar-refractivity contribution in [2.75, 3.05) is 13.2 Å². The van der Waals surface area contributed by atoms with Gasteiger partial charge in [0.2, 0.25) is 0 Å². The molecule has 2 rings (SSSR count). The third-order valence-electron chi connectivity index (χ3n) is 3.27. The van der Waals surface area contributed by atoms with Crippen LogP contribution in [0.25, 0.3) is 0 Å². The predicted molar refractivity (Wildman–Crippen MR) is 81.7 cm³/mol. The molecule has 0 radical (unpaired) electrons. The van der Waals surface area contributed by atoms with Crippen LogP contribution in [0.3, 0.4) is 0 Å². The second kappa shape index (κ2) is 6.04. The maximum Gasteiger partial charge on any atom is 0.251 e. The molecule has 1 aliphatic rings. The molecule has 4 heteroatoms. The number of halogens is 1. The first-order chi connectivity index (χ1) is 9.35. The maximum atomic E-state index is 12.1. The fraction of sp³-hybridized carbons (Fsp3) is 0.562. The predicted octanol–water partition coefficient (Wildman–Crippen LogP) is 3.39. The summed E-state index contributed by atoms with van der Waals surface area (Å²) in [5, 5.41) is 2.86. The molecular weight excluding hydrogens is 274 g/mol. The molecule has 110 valence electrons. The Balaban J connectivity index is 1.89. The van der Waals surface area contributed by atoms with Crippen molar-refractivity contribution in [3.8, 4) is 5.75 Å². The van der Waals surface area contributed by atoms with Crippen molar-refractivity contribution in [2.24, 2.45) is 5.41 Å². The lowest BCUT2D eigenvalue weighted by atomic mass is 9.90. The highest BCUT2D eigenvalue weighted by molar-refractivity contribution is 6.21. The van der Waals surface area contributed by atoms with E-state index in [0.29, 0.717) is 18.7 Å². The topological polar surface area (TPSA) is 38.3 Å². The zero-order valence-corrected chi connectivity index (χ0v) is 13.1. The number of benzene rings is 1. The second-order valence-electron chi connectivity index (χ2n) is 6.49. The Morgan fingerprint density at radius 2 is 2.20 bits per heavy atom. The largest absolute Gasteiger partial charge is 0.493 e. The molecule has 1 amide bonds. The van der Waals surface area contributed by atoms with Gasteiger partial charge in [0.15, 0.2) is 0 Å². The molecule has 0 aliphatic carbocycles. The number of fused-ring (bicyclic) bond motifs is 1. The smallest absolute Gasteiger partial charge is 0.251 e. The first kappa shape index (κ1) is 15.2. The number of alkyl halides is 1. The van der Waals surface area contributed by atoms with Gasteiger partial charge in [0.1, 0.15) is 5.75 Å². The van der Waals surface area contributed by atoms with E-state index < -0.39 is 0 Å². The molecule has 0 spiro atoms. The lowest BCUT2D eigenvalue weighted by Gasteiger charge is -2.22. The quantitative estimate of drug-likeness (QED) is 0.865. The van der Waals surface area contributed by atoms with Gasteiger partial charge in [-0.15, -0.1) is 11.6 Å². The van der Waals surface area contributed by atoms with E-state index in [1.807, 2.05) is 12.1 Å². The normalized spacial score (nSPS) is 15.4. The van der Waals surface area contributed by atoms with Crippen molar-refractivity contribution < 1.29 is 9.53 Å². The van der Waals surface area contributed by atoms with E-state index in [0.717, 1.165) is 24.2 Å². The van der Waals surface area contributed by atoms with Gasteiger partial charge in [-0.25, -0.2) is 0 Å². The Hall–Kier alpha value is -1.22. The summed E-state index contributed by atoms with van der Waals surface area (Å²) < 4.78 is 5.43. The molecule has 0 saturated carbocycles. The molecule has 1 N–H and O–H groups in total. The van der Waals surface area contributed by atoms with Gasteiger partial charge < -0.3 is 10.1 Å². The number of hydrogen-bond donors (Lipinski definition) is 1. The fourth-order valence-corrected chi connectivity index (χ4v) is 2.91. The van der Waals surface area contributed by atoms with Crippen LogP contribution < -0.4 is 10.1 Å². The molecule has 20 heavy (non-hydrogen) atoms. The Morgan fingerprint density at radius 3 is 2.90 bits per heavy atom. The van der Waals surface area contributed by atoms with E-state index >= 15 is 0 Å². The first-order valence-corrected chi connectivity index (χ1v) is 7.47. The Labute approximate surface area is 125 Å². The van der Waals surface area contributed by atoms with Crippen LogP contribution in [0.15, 0.2) is 18.2 Å². The summed E-state index contributed by atoms with van der Waals surface area (Å²) >= 11 is 6.26. The van der Waals surface area contributed by atoms with Crippen LogP contribution in [0.5, 0.6) is 5.75 Å².